The van der Waals surface area contributed by atoms with Gasteiger partial charge in [0.05, 0.1) is 11.6 Å². The molecule has 5 nitrogen and oxygen atoms in total. The lowest BCUT2D eigenvalue weighted by atomic mass is 9.98. The van der Waals surface area contributed by atoms with Crippen LogP contribution >= 0.6 is 0 Å². The number of carbonyl (C=O) groups is 2. The van der Waals surface area contributed by atoms with E-state index in [2.05, 4.69) is 5.32 Å². The summed E-state index contributed by atoms with van der Waals surface area (Å²) in [5.41, 5.74) is -0.859. The van der Waals surface area contributed by atoms with E-state index in [0.717, 1.165) is 12.1 Å². The standard InChI is InChI=1S/C18H22F3NO4/c1-17(2,3)26-16(24)22-13(14-8-9-15(23)25-14)10-11-4-6-12(7-5-11)18(19,20)21/h4-7,13-14H,8-10H2,1-3H3,(H,22,24)/t13-,14-/m0/s1. The first-order chi connectivity index (χ1) is 11.9. The zero-order valence-electron chi connectivity index (χ0n) is 14.9. The van der Waals surface area contributed by atoms with Crippen LogP contribution < -0.4 is 5.32 Å². The predicted molar refractivity (Wildman–Crippen MR) is 87.4 cm³/mol. The minimum absolute atomic E-state index is 0.218. The van der Waals surface area contributed by atoms with Gasteiger partial charge in [-0.2, -0.15) is 13.2 Å². The second-order valence-corrected chi connectivity index (χ2v) is 7.22. The van der Waals surface area contributed by atoms with Gasteiger partial charge in [0.1, 0.15) is 11.7 Å². The third-order valence-electron chi connectivity index (χ3n) is 3.80. The van der Waals surface area contributed by atoms with Crippen LogP contribution in [-0.2, 0) is 26.9 Å². The van der Waals surface area contributed by atoms with Gasteiger partial charge in [0.2, 0.25) is 0 Å². The van der Waals surface area contributed by atoms with Crippen LogP contribution in [0.25, 0.3) is 0 Å². The van der Waals surface area contributed by atoms with Crippen molar-refractivity contribution < 1.29 is 32.2 Å². The maximum atomic E-state index is 12.7. The Morgan fingerprint density at radius 3 is 2.35 bits per heavy atom. The molecule has 2 atom stereocenters. The summed E-state index contributed by atoms with van der Waals surface area (Å²) in [4.78, 5) is 23.4. The summed E-state index contributed by atoms with van der Waals surface area (Å²) < 4.78 is 48.4. The maximum absolute atomic E-state index is 12.7. The minimum Gasteiger partial charge on any atom is -0.460 e. The monoisotopic (exact) mass is 373 g/mol. The average Bonchev–Trinajstić information content (AvgIpc) is 2.91. The molecular formula is C18H22F3NO4. The van der Waals surface area contributed by atoms with Crippen molar-refractivity contribution in [2.75, 3.05) is 0 Å². The molecule has 26 heavy (non-hydrogen) atoms. The maximum Gasteiger partial charge on any atom is 0.416 e. The molecule has 1 aromatic rings. The van der Waals surface area contributed by atoms with Gasteiger partial charge in [-0.1, -0.05) is 12.1 Å². The molecule has 2 rings (SSSR count). The summed E-state index contributed by atoms with van der Waals surface area (Å²) >= 11 is 0. The lowest BCUT2D eigenvalue weighted by molar-refractivity contribution is -0.142. The van der Waals surface area contributed by atoms with Gasteiger partial charge in [-0.25, -0.2) is 4.79 Å². The van der Waals surface area contributed by atoms with Crippen molar-refractivity contribution in [3.63, 3.8) is 0 Å². The fourth-order valence-electron chi connectivity index (χ4n) is 2.65. The number of esters is 1. The summed E-state index contributed by atoms with van der Waals surface area (Å²) in [6, 6.07) is 4.08. The number of carbonyl (C=O) groups excluding carboxylic acids is 2. The molecule has 0 aromatic heterocycles. The first kappa shape index (κ1) is 20.1. The summed E-state index contributed by atoms with van der Waals surface area (Å²) in [5, 5.41) is 2.67. The molecular weight excluding hydrogens is 351 g/mol. The largest absolute Gasteiger partial charge is 0.460 e. The van der Waals surface area contributed by atoms with Gasteiger partial charge >= 0.3 is 18.2 Å². The van der Waals surface area contributed by atoms with E-state index in [1.165, 1.54) is 12.1 Å². The smallest absolute Gasteiger partial charge is 0.416 e. The van der Waals surface area contributed by atoms with Crippen LogP contribution in [0, 0.1) is 0 Å². The molecule has 1 fully saturated rings. The van der Waals surface area contributed by atoms with Gasteiger partial charge in [-0.15, -0.1) is 0 Å². The molecule has 1 saturated heterocycles. The number of alkyl carbamates (subject to hydrolysis) is 1. The van der Waals surface area contributed by atoms with Crippen molar-refractivity contribution in [3.05, 3.63) is 35.4 Å². The van der Waals surface area contributed by atoms with Crippen LogP contribution in [0.4, 0.5) is 18.0 Å². The fourth-order valence-corrected chi connectivity index (χ4v) is 2.65. The van der Waals surface area contributed by atoms with E-state index in [4.69, 9.17) is 9.47 Å². The molecule has 0 spiro atoms. The van der Waals surface area contributed by atoms with Crippen LogP contribution in [0.3, 0.4) is 0 Å². The van der Waals surface area contributed by atoms with Gasteiger partial charge in [0.15, 0.2) is 0 Å². The highest BCUT2D eigenvalue weighted by Crippen LogP contribution is 2.29. The summed E-state index contributed by atoms with van der Waals surface area (Å²) in [5.74, 6) is -0.363. The van der Waals surface area contributed by atoms with Crippen molar-refractivity contribution in [2.24, 2.45) is 0 Å². The Bertz CT molecular complexity index is 650. The molecule has 0 unspecified atom stereocenters. The summed E-state index contributed by atoms with van der Waals surface area (Å²) in [6.07, 6.45) is -4.73. The molecule has 1 amide bonds. The molecule has 1 N–H and O–H groups in total. The number of ether oxygens (including phenoxy) is 2. The lowest BCUT2D eigenvalue weighted by Crippen LogP contribution is -2.46. The molecule has 1 aromatic carbocycles. The highest BCUT2D eigenvalue weighted by atomic mass is 19.4. The zero-order valence-corrected chi connectivity index (χ0v) is 14.9. The van der Waals surface area contributed by atoms with E-state index in [-0.39, 0.29) is 18.8 Å². The van der Waals surface area contributed by atoms with Gasteiger partial charge < -0.3 is 14.8 Å². The Morgan fingerprint density at radius 2 is 1.88 bits per heavy atom. The number of amides is 1. The molecule has 144 valence electrons. The van der Waals surface area contributed by atoms with Crippen molar-refractivity contribution in [3.8, 4) is 0 Å². The normalized spacial score (nSPS) is 19.0. The SMILES string of the molecule is CC(C)(C)OC(=O)N[C@@H](Cc1ccc(C(F)(F)F)cc1)[C@@H]1CCC(=O)O1. The summed E-state index contributed by atoms with van der Waals surface area (Å²) in [6.45, 7) is 5.15. The number of hydrogen-bond donors (Lipinski definition) is 1. The Kier molecular flexibility index (Phi) is 5.83. The predicted octanol–water partition coefficient (Wildman–Crippen LogP) is 3.85. The highest BCUT2D eigenvalue weighted by Gasteiger charge is 2.34. The second kappa shape index (κ2) is 7.55. The number of hydrogen-bond acceptors (Lipinski definition) is 4. The van der Waals surface area contributed by atoms with Crippen LogP contribution in [0.5, 0.6) is 0 Å². The Hall–Kier alpha value is -2.25. The quantitative estimate of drug-likeness (QED) is 0.815. The number of cyclic esters (lactones) is 1. The van der Waals surface area contributed by atoms with E-state index < -0.39 is 35.6 Å². The molecule has 0 radical (unpaired) electrons. The number of benzene rings is 1. The van der Waals surface area contributed by atoms with Crippen LogP contribution in [0.1, 0.15) is 44.7 Å². The second-order valence-electron chi connectivity index (χ2n) is 7.22. The first-order valence-corrected chi connectivity index (χ1v) is 8.29. The van der Waals surface area contributed by atoms with Gasteiger partial charge in [-0.3, -0.25) is 4.79 Å². The first-order valence-electron chi connectivity index (χ1n) is 8.29. The lowest BCUT2D eigenvalue weighted by Gasteiger charge is -2.26. The van der Waals surface area contributed by atoms with Crippen molar-refractivity contribution in [2.45, 2.75) is 64.0 Å². The van der Waals surface area contributed by atoms with Crippen molar-refractivity contribution in [1.82, 2.24) is 5.32 Å². The van der Waals surface area contributed by atoms with Crippen molar-refractivity contribution >= 4 is 12.1 Å². The summed E-state index contributed by atoms with van der Waals surface area (Å²) in [7, 11) is 0. The highest BCUT2D eigenvalue weighted by molar-refractivity contribution is 5.72. The number of rotatable bonds is 4. The van der Waals surface area contributed by atoms with Gasteiger partial charge in [0, 0.05) is 6.42 Å². The Balaban J connectivity index is 2.11. The Labute approximate surface area is 149 Å². The van der Waals surface area contributed by atoms with Crippen LogP contribution in [0.15, 0.2) is 24.3 Å². The van der Waals surface area contributed by atoms with Crippen molar-refractivity contribution in [1.29, 1.82) is 0 Å². The molecule has 0 saturated carbocycles. The van der Waals surface area contributed by atoms with E-state index in [0.29, 0.717) is 12.0 Å². The van der Waals surface area contributed by atoms with Gasteiger partial charge in [0.25, 0.3) is 0 Å². The number of alkyl halides is 3. The average molecular weight is 373 g/mol. The van der Waals surface area contributed by atoms with E-state index >= 15 is 0 Å². The van der Waals surface area contributed by atoms with Crippen LogP contribution in [-0.4, -0.2) is 29.8 Å². The number of halogens is 3. The molecule has 1 aliphatic rings. The zero-order chi connectivity index (χ0) is 19.5. The fraction of sp³-hybridized carbons (Fsp3) is 0.556. The van der Waals surface area contributed by atoms with E-state index in [1.54, 1.807) is 20.8 Å². The molecule has 1 aliphatic heterocycles. The van der Waals surface area contributed by atoms with Crippen LogP contribution in [0.2, 0.25) is 0 Å². The number of nitrogens with one attached hydrogen (secondary N) is 1. The van der Waals surface area contributed by atoms with E-state index in [1.807, 2.05) is 0 Å². The molecule has 0 bridgehead atoms. The molecule has 8 heteroatoms. The third kappa shape index (κ3) is 5.93. The molecule has 0 aliphatic carbocycles. The molecule has 1 heterocycles. The Morgan fingerprint density at radius 1 is 1.27 bits per heavy atom. The van der Waals surface area contributed by atoms with E-state index in [9.17, 15) is 22.8 Å². The topological polar surface area (TPSA) is 64.6 Å². The third-order valence-corrected chi connectivity index (χ3v) is 3.80. The van der Waals surface area contributed by atoms with Gasteiger partial charge in [-0.05, 0) is 51.3 Å². The minimum atomic E-state index is -4.41.